The molecule has 0 bridgehead atoms. The van der Waals surface area contributed by atoms with E-state index in [1.165, 1.54) is 0 Å². The molecule has 3 aromatic rings. The number of rotatable bonds is 6. The van der Waals surface area contributed by atoms with Crippen molar-refractivity contribution in [2.75, 3.05) is 37.4 Å². The molecule has 8 heteroatoms. The van der Waals surface area contributed by atoms with Crippen molar-refractivity contribution in [1.82, 2.24) is 10.2 Å². The standard InChI is InChI=1S/C28H29ClN4O3/c1-18-4-6-19(7-5-18)25-17-26(34)31-23-16-21(27(35)32(3)15-14-30-2)10-13-24(23)33(25)28(36)20-8-11-22(29)12-9-20/h4-13,16,25,30H,14-15,17H2,1-3H3,(H,31,34). The zero-order valence-corrected chi connectivity index (χ0v) is 21.3. The fourth-order valence-electron chi connectivity index (χ4n) is 4.25. The molecule has 1 heterocycles. The normalized spacial score (nSPS) is 15.1. The average Bonchev–Trinajstić information content (AvgIpc) is 3.02. The number of halogens is 1. The Kier molecular flexibility index (Phi) is 7.72. The molecule has 3 amide bonds. The van der Waals surface area contributed by atoms with E-state index in [1.54, 1.807) is 59.3 Å². The number of amides is 3. The minimum atomic E-state index is -0.533. The van der Waals surface area contributed by atoms with Crippen molar-refractivity contribution in [1.29, 1.82) is 0 Å². The molecule has 4 rings (SSSR count). The fraction of sp³-hybridized carbons (Fsp3) is 0.250. The first-order chi connectivity index (χ1) is 17.3. The van der Waals surface area contributed by atoms with Gasteiger partial charge >= 0.3 is 0 Å². The molecule has 1 aliphatic heterocycles. The van der Waals surface area contributed by atoms with Gasteiger partial charge in [-0.15, -0.1) is 0 Å². The number of carbonyl (C=O) groups is 3. The van der Waals surface area contributed by atoms with Gasteiger partial charge in [-0.3, -0.25) is 19.3 Å². The minimum absolute atomic E-state index is 0.0718. The number of fused-ring (bicyclic) bond motifs is 1. The summed E-state index contributed by atoms with van der Waals surface area (Å²) in [5.74, 6) is -0.668. The van der Waals surface area contributed by atoms with E-state index >= 15 is 0 Å². The van der Waals surface area contributed by atoms with E-state index < -0.39 is 6.04 Å². The topological polar surface area (TPSA) is 81.8 Å². The molecule has 36 heavy (non-hydrogen) atoms. The molecule has 0 saturated carbocycles. The summed E-state index contributed by atoms with van der Waals surface area (Å²) in [6.07, 6.45) is 0.0718. The van der Waals surface area contributed by atoms with E-state index in [4.69, 9.17) is 11.6 Å². The Morgan fingerprint density at radius 3 is 2.39 bits per heavy atom. The number of benzene rings is 3. The van der Waals surface area contributed by atoms with E-state index in [1.807, 2.05) is 38.2 Å². The maximum Gasteiger partial charge on any atom is 0.258 e. The van der Waals surface area contributed by atoms with Crippen LogP contribution >= 0.6 is 11.6 Å². The lowest BCUT2D eigenvalue weighted by atomic mass is 9.99. The van der Waals surface area contributed by atoms with Gasteiger partial charge in [0, 0.05) is 36.3 Å². The molecule has 1 aliphatic rings. The largest absolute Gasteiger partial charge is 0.340 e. The van der Waals surface area contributed by atoms with Gasteiger partial charge in [0.25, 0.3) is 11.8 Å². The van der Waals surface area contributed by atoms with Crippen molar-refractivity contribution in [3.63, 3.8) is 0 Å². The van der Waals surface area contributed by atoms with E-state index in [9.17, 15) is 14.4 Å². The second-order valence-electron chi connectivity index (χ2n) is 8.92. The summed E-state index contributed by atoms with van der Waals surface area (Å²) >= 11 is 6.05. The number of likely N-dealkylation sites (N-methyl/N-ethyl adjacent to an activating group) is 2. The molecular weight excluding hydrogens is 476 g/mol. The summed E-state index contributed by atoms with van der Waals surface area (Å²) in [5, 5.41) is 6.47. The second kappa shape index (κ2) is 10.9. The van der Waals surface area contributed by atoms with Gasteiger partial charge in [0.15, 0.2) is 0 Å². The van der Waals surface area contributed by atoms with Crippen molar-refractivity contribution in [3.8, 4) is 0 Å². The van der Waals surface area contributed by atoms with Gasteiger partial charge in [-0.05, 0) is 62.0 Å². The van der Waals surface area contributed by atoms with Crippen LogP contribution in [0.4, 0.5) is 11.4 Å². The maximum atomic E-state index is 13.9. The Bertz CT molecular complexity index is 1270. The molecule has 186 valence electrons. The van der Waals surface area contributed by atoms with Gasteiger partial charge in [-0.1, -0.05) is 41.4 Å². The molecule has 3 aromatic carbocycles. The molecule has 0 aliphatic carbocycles. The molecule has 0 spiro atoms. The zero-order valence-electron chi connectivity index (χ0n) is 20.5. The zero-order chi connectivity index (χ0) is 25.8. The molecule has 1 atom stereocenters. The summed E-state index contributed by atoms with van der Waals surface area (Å²) in [5.41, 5.74) is 3.76. The van der Waals surface area contributed by atoms with Crippen molar-refractivity contribution < 1.29 is 14.4 Å². The number of carbonyl (C=O) groups excluding carboxylic acids is 3. The maximum absolute atomic E-state index is 13.9. The number of nitrogens with one attached hydrogen (secondary N) is 2. The van der Waals surface area contributed by atoms with Crippen LogP contribution in [0.5, 0.6) is 0 Å². The molecule has 1 unspecified atom stereocenters. The van der Waals surface area contributed by atoms with E-state index in [0.717, 1.165) is 11.1 Å². The number of aryl methyl sites for hydroxylation is 1. The minimum Gasteiger partial charge on any atom is -0.340 e. The van der Waals surface area contributed by atoms with Crippen LogP contribution in [0.1, 0.15) is 44.3 Å². The Morgan fingerprint density at radius 2 is 1.72 bits per heavy atom. The highest BCUT2D eigenvalue weighted by molar-refractivity contribution is 6.30. The lowest BCUT2D eigenvalue weighted by Crippen LogP contribution is -2.35. The first kappa shape index (κ1) is 25.4. The first-order valence-corrected chi connectivity index (χ1v) is 12.2. The van der Waals surface area contributed by atoms with E-state index in [2.05, 4.69) is 10.6 Å². The lowest BCUT2D eigenvalue weighted by Gasteiger charge is -2.31. The molecule has 7 nitrogen and oxygen atoms in total. The van der Waals surface area contributed by atoms with E-state index in [0.29, 0.717) is 40.6 Å². The molecule has 0 aromatic heterocycles. The predicted octanol–water partition coefficient (Wildman–Crippen LogP) is 4.67. The summed E-state index contributed by atoms with van der Waals surface area (Å²) in [4.78, 5) is 43.2. The van der Waals surface area contributed by atoms with Gasteiger partial charge < -0.3 is 15.5 Å². The number of hydrogen-bond acceptors (Lipinski definition) is 4. The lowest BCUT2D eigenvalue weighted by molar-refractivity contribution is -0.116. The van der Waals surface area contributed by atoms with Crippen LogP contribution < -0.4 is 15.5 Å². The van der Waals surface area contributed by atoms with Gasteiger partial charge in [0.2, 0.25) is 5.91 Å². The van der Waals surface area contributed by atoms with Gasteiger partial charge in [0.05, 0.1) is 23.8 Å². The number of nitrogens with zero attached hydrogens (tertiary/aromatic N) is 2. The Labute approximate surface area is 216 Å². The summed E-state index contributed by atoms with van der Waals surface area (Å²) < 4.78 is 0. The second-order valence-corrected chi connectivity index (χ2v) is 9.36. The van der Waals surface area contributed by atoms with Crippen LogP contribution in [0.2, 0.25) is 5.02 Å². The summed E-state index contributed by atoms with van der Waals surface area (Å²) in [6, 6.07) is 19.0. The molecule has 2 N–H and O–H groups in total. The van der Waals surface area contributed by atoms with Gasteiger partial charge in [0.1, 0.15) is 0 Å². The Balaban J connectivity index is 1.81. The van der Waals surface area contributed by atoms with Crippen LogP contribution in [0.3, 0.4) is 0 Å². The highest BCUT2D eigenvalue weighted by Crippen LogP contribution is 2.40. The number of hydrogen-bond donors (Lipinski definition) is 2. The monoisotopic (exact) mass is 504 g/mol. The molecular formula is C28H29ClN4O3. The highest BCUT2D eigenvalue weighted by atomic mass is 35.5. The van der Waals surface area contributed by atoms with Crippen molar-refractivity contribution in [3.05, 3.63) is 94.0 Å². The number of anilines is 2. The quantitative estimate of drug-likeness (QED) is 0.511. The summed E-state index contributed by atoms with van der Waals surface area (Å²) in [7, 11) is 3.56. The predicted molar refractivity (Wildman–Crippen MR) is 143 cm³/mol. The Hall–Kier alpha value is -3.68. The Morgan fingerprint density at radius 1 is 1.06 bits per heavy atom. The van der Waals surface area contributed by atoms with E-state index in [-0.39, 0.29) is 24.1 Å². The molecule has 0 radical (unpaired) electrons. The van der Waals surface area contributed by atoms with Crippen LogP contribution in [0.25, 0.3) is 0 Å². The third kappa shape index (κ3) is 5.42. The third-order valence-electron chi connectivity index (χ3n) is 6.28. The summed E-state index contributed by atoms with van der Waals surface area (Å²) in [6.45, 7) is 3.18. The van der Waals surface area contributed by atoms with Crippen LogP contribution in [0, 0.1) is 6.92 Å². The fourth-order valence-corrected chi connectivity index (χ4v) is 4.38. The SMILES string of the molecule is CNCCN(C)C(=O)c1ccc2c(c1)NC(=O)CC(c1ccc(C)cc1)N2C(=O)c1ccc(Cl)cc1. The van der Waals surface area contributed by atoms with Crippen LogP contribution in [-0.4, -0.2) is 49.8 Å². The van der Waals surface area contributed by atoms with Crippen molar-refractivity contribution in [2.45, 2.75) is 19.4 Å². The van der Waals surface area contributed by atoms with Gasteiger partial charge in [-0.25, -0.2) is 0 Å². The van der Waals surface area contributed by atoms with Gasteiger partial charge in [-0.2, -0.15) is 0 Å². The van der Waals surface area contributed by atoms with Crippen molar-refractivity contribution in [2.24, 2.45) is 0 Å². The smallest absolute Gasteiger partial charge is 0.258 e. The average molecular weight is 505 g/mol. The third-order valence-corrected chi connectivity index (χ3v) is 6.54. The molecule has 0 fully saturated rings. The van der Waals surface area contributed by atoms with Crippen LogP contribution in [0.15, 0.2) is 66.7 Å². The first-order valence-electron chi connectivity index (χ1n) is 11.8. The highest BCUT2D eigenvalue weighted by Gasteiger charge is 2.34. The van der Waals surface area contributed by atoms with Crippen molar-refractivity contribution >= 4 is 40.7 Å². The van der Waals surface area contributed by atoms with Crippen LogP contribution in [-0.2, 0) is 4.79 Å². The molecule has 0 saturated heterocycles.